The molecular weight excluding hydrogens is 230 g/mol. The lowest BCUT2D eigenvalue weighted by molar-refractivity contribution is -0.151. The second-order valence-electron chi connectivity index (χ2n) is 4.15. The predicted octanol–water partition coefficient (Wildman–Crippen LogP) is 2.34. The van der Waals surface area contributed by atoms with E-state index in [4.69, 9.17) is 9.84 Å². The van der Waals surface area contributed by atoms with Crippen LogP contribution in [0.15, 0.2) is 18.2 Å². The highest BCUT2D eigenvalue weighted by molar-refractivity contribution is 5.71. The van der Waals surface area contributed by atoms with E-state index in [9.17, 15) is 13.6 Å². The third kappa shape index (κ3) is 2.61. The molecule has 1 saturated carbocycles. The number of halogens is 2. The van der Waals surface area contributed by atoms with E-state index < -0.39 is 17.6 Å². The Kier molecular flexibility index (Phi) is 3.38. The Morgan fingerprint density at radius 2 is 2.12 bits per heavy atom. The van der Waals surface area contributed by atoms with Crippen LogP contribution >= 0.6 is 0 Å². The highest BCUT2D eigenvalue weighted by atomic mass is 19.2. The molecule has 0 atom stereocenters. The quantitative estimate of drug-likeness (QED) is 0.881. The van der Waals surface area contributed by atoms with Gasteiger partial charge in [-0.15, -0.1) is 0 Å². The summed E-state index contributed by atoms with van der Waals surface area (Å²) in [5.74, 6) is -3.00. The Labute approximate surface area is 97.0 Å². The molecule has 0 spiro atoms. The molecule has 1 aromatic carbocycles. The van der Waals surface area contributed by atoms with Gasteiger partial charge in [-0.05, 0) is 18.9 Å². The van der Waals surface area contributed by atoms with Crippen LogP contribution in [-0.2, 0) is 16.1 Å². The number of hydrogen-bond acceptors (Lipinski definition) is 2. The highest BCUT2D eigenvalue weighted by Crippen LogP contribution is 2.31. The van der Waals surface area contributed by atoms with Gasteiger partial charge in [0.15, 0.2) is 11.6 Å². The lowest BCUT2D eigenvalue weighted by atomic mass is 9.82. The van der Waals surface area contributed by atoms with E-state index >= 15 is 0 Å². The highest BCUT2D eigenvalue weighted by Gasteiger charge is 2.35. The van der Waals surface area contributed by atoms with E-state index in [0.29, 0.717) is 12.8 Å². The zero-order valence-corrected chi connectivity index (χ0v) is 9.03. The van der Waals surface area contributed by atoms with Crippen molar-refractivity contribution in [1.82, 2.24) is 0 Å². The van der Waals surface area contributed by atoms with Gasteiger partial charge in [0.2, 0.25) is 0 Å². The number of benzene rings is 1. The third-order valence-electron chi connectivity index (χ3n) is 2.95. The smallest absolute Gasteiger partial charge is 0.306 e. The molecule has 1 aromatic rings. The van der Waals surface area contributed by atoms with Gasteiger partial charge in [0, 0.05) is 5.56 Å². The second kappa shape index (κ2) is 4.79. The van der Waals surface area contributed by atoms with Crippen molar-refractivity contribution in [1.29, 1.82) is 0 Å². The van der Waals surface area contributed by atoms with Crippen LogP contribution in [0.5, 0.6) is 0 Å². The lowest BCUT2D eigenvalue weighted by Crippen LogP contribution is -2.36. The molecule has 1 aliphatic carbocycles. The molecule has 92 valence electrons. The van der Waals surface area contributed by atoms with Crippen molar-refractivity contribution >= 4 is 5.97 Å². The average molecular weight is 242 g/mol. The molecule has 0 bridgehead atoms. The first-order valence-electron chi connectivity index (χ1n) is 5.35. The molecule has 1 N–H and O–H groups in total. The molecule has 0 saturated heterocycles. The molecule has 0 unspecified atom stereocenters. The number of carboxylic acid groups (broad SMARTS) is 1. The number of hydrogen-bond donors (Lipinski definition) is 1. The fraction of sp³-hybridized carbons (Fsp3) is 0.417. The van der Waals surface area contributed by atoms with Crippen LogP contribution in [0.25, 0.3) is 0 Å². The van der Waals surface area contributed by atoms with E-state index in [0.717, 1.165) is 6.07 Å². The minimum absolute atomic E-state index is 0.0272. The molecule has 0 radical (unpaired) electrons. The summed E-state index contributed by atoms with van der Waals surface area (Å²) in [5.41, 5.74) is 0.156. The zero-order valence-electron chi connectivity index (χ0n) is 9.03. The number of carbonyl (C=O) groups is 1. The van der Waals surface area contributed by atoms with Gasteiger partial charge in [-0.2, -0.15) is 0 Å². The molecule has 0 heterocycles. The summed E-state index contributed by atoms with van der Waals surface area (Å²) < 4.78 is 31.4. The Bertz CT molecular complexity index is 428. The summed E-state index contributed by atoms with van der Waals surface area (Å²) in [6.07, 6.45) is 0.706. The maximum absolute atomic E-state index is 13.2. The van der Waals surface area contributed by atoms with Gasteiger partial charge >= 0.3 is 5.97 Å². The van der Waals surface area contributed by atoms with Crippen molar-refractivity contribution in [3.63, 3.8) is 0 Å². The van der Waals surface area contributed by atoms with Gasteiger partial charge in [-0.3, -0.25) is 4.79 Å². The summed E-state index contributed by atoms with van der Waals surface area (Å²) >= 11 is 0. The van der Waals surface area contributed by atoms with E-state index in [1.807, 2.05) is 0 Å². The van der Waals surface area contributed by atoms with Gasteiger partial charge in [-0.25, -0.2) is 8.78 Å². The molecule has 0 aliphatic heterocycles. The van der Waals surface area contributed by atoms with Crippen molar-refractivity contribution in [2.75, 3.05) is 0 Å². The average Bonchev–Trinajstić information content (AvgIpc) is 2.21. The van der Waals surface area contributed by atoms with Crippen LogP contribution in [0.3, 0.4) is 0 Å². The minimum Gasteiger partial charge on any atom is -0.481 e. The maximum Gasteiger partial charge on any atom is 0.306 e. The number of ether oxygens (including phenoxy) is 1. The van der Waals surface area contributed by atoms with Crippen LogP contribution < -0.4 is 0 Å². The van der Waals surface area contributed by atoms with Crippen LogP contribution in [0, 0.1) is 17.6 Å². The fourth-order valence-electron chi connectivity index (χ4n) is 1.77. The van der Waals surface area contributed by atoms with Crippen molar-refractivity contribution in [3.8, 4) is 0 Å². The SMILES string of the molecule is O=C(O)C1CC(OCc2cccc(F)c2F)C1. The Hall–Kier alpha value is -1.49. The van der Waals surface area contributed by atoms with Gasteiger partial charge in [0.25, 0.3) is 0 Å². The first-order valence-corrected chi connectivity index (χ1v) is 5.35. The molecule has 2 rings (SSSR count). The van der Waals surface area contributed by atoms with Crippen molar-refractivity contribution in [3.05, 3.63) is 35.4 Å². The standard InChI is InChI=1S/C12H12F2O3/c13-10-3-1-2-7(11(10)14)6-17-9-4-8(5-9)12(15)16/h1-3,8-9H,4-6H2,(H,15,16). The van der Waals surface area contributed by atoms with Crippen LogP contribution in [-0.4, -0.2) is 17.2 Å². The van der Waals surface area contributed by atoms with E-state index in [1.54, 1.807) is 0 Å². The summed E-state index contributed by atoms with van der Waals surface area (Å²) in [4.78, 5) is 10.5. The van der Waals surface area contributed by atoms with Crippen LogP contribution in [0.2, 0.25) is 0 Å². The first kappa shape index (κ1) is 12.0. The van der Waals surface area contributed by atoms with Crippen molar-refractivity contribution in [2.24, 2.45) is 5.92 Å². The summed E-state index contributed by atoms with van der Waals surface area (Å²) in [6.45, 7) is -0.0272. The molecule has 0 amide bonds. The van der Waals surface area contributed by atoms with E-state index in [2.05, 4.69) is 0 Å². The summed E-state index contributed by atoms with van der Waals surface area (Å²) in [5, 5.41) is 8.65. The molecular formula is C12H12F2O3. The van der Waals surface area contributed by atoms with Crippen molar-refractivity contribution in [2.45, 2.75) is 25.6 Å². The summed E-state index contributed by atoms with van der Waals surface area (Å²) in [6, 6.07) is 3.91. The van der Waals surface area contributed by atoms with Gasteiger partial charge < -0.3 is 9.84 Å². The predicted molar refractivity (Wildman–Crippen MR) is 55.3 cm³/mol. The summed E-state index contributed by atoms with van der Waals surface area (Å²) in [7, 11) is 0. The Morgan fingerprint density at radius 3 is 2.76 bits per heavy atom. The van der Waals surface area contributed by atoms with Crippen LogP contribution in [0.1, 0.15) is 18.4 Å². The fourth-order valence-corrected chi connectivity index (χ4v) is 1.77. The first-order chi connectivity index (χ1) is 8.08. The van der Waals surface area contributed by atoms with E-state index in [-0.39, 0.29) is 24.2 Å². The molecule has 3 nitrogen and oxygen atoms in total. The molecule has 1 fully saturated rings. The van der Waals surface area contributed by atoms with Crippen molar-refractivity contribution < 1.29 is 23.4 Å². The van der Waals surface area contributed by atoms with Gasteiger partial charge in [0.1, 0.15) is 0 Å². The zero-order chi connectivity index (χ0) is 12.4. The number of carboxylic acids is 1. The van der Waals surface area contributed by atoms with Crippen LogP contribution in [0.4, 0.5) is 8.78 Å². The van der Waals surface area contributed by atoms with Gasteiger partial charge in [-0.1, -0.05) is 12.1 Å². The number of rotatable bonds is 4. The third-order valence-corrected chi connectivity index (χ3v) is 2.95. The van der Waals surface area contributed by atoms with E-state index in [1.165, 1.54) is 12.1 Å². The molecule has 5 heteroatoms. The molecule has 0 aromatic heterocycles. The van der Waals surface area contributed by atoms with Gasteiger partial charge in [0.05, 0.1) is 18.6 Å². The Balaban J connectivity index is 1.84. The Morgan fingerprint density at radius 1 is 1.41 bits per heavy atom. The minimum atomic E-state index is -0.901. The maximum atomic E-state index is 13.2. The second-order valence-corrected chi connectivity index (χ2v) is 4.15. The topological polar surface area (TPSA) is 46.5 Å². The molecule has 17 heavy (non-hydrogen) atoms. The monoisotopic (exact) mass is 242 g/mol. The number of aliphatic carboxylic acids is 1. The lowest BCUT2D eigenvalue weighted by Gasteiger charge is -2.32. The largest absolute Gasteiger partial charge is 0.481 e. The normalized spacial score (nSPS) is 23.2. The molecule has 1 aliphatic rings.